The Morgan fingerprint density at radius 3 is 3.00 bits per heavy atom. The van der Waals surface area contributed by atoms with Crippen molar-refractivity contribution in [3.8, 4) is 11.5 Å². The topological polar surface area (TPSA) is 64.7 Å². The molecule has 18 heavy (non-hydrogen) atoms. The van der Waals surface area contributed by atoms with Gasteiger partial charge in [-0.25, -0.2) is 0 Å². The fraction of sp³-hybridized carbons (Fsp3) is 0.538. The molecule has 3 N–H and O–H groups in total. The number of methoxy groups -OCH3 is 1. The van der Waals surface area contributed by atoms with Crippen LogP contribution >= 0.6 is 11.8 Å². The van der Waals surface area contributed by atoms with Crippen molar-refractivity contribution >= 4 is 11.8 Å². The number of rotatable bonds is 5. The molecule has 0 aromatic heterocycles. The van der Waals surface area contributed by atoms with Gasteiger partial charge in [0.1, 0.15) is 6.10 Å². The summed E-state index contributed by atoms with van der Waals surface area (Å²) in [5, 5.41) is 9.94. The van der Waals surface area contributed by atoms with E-state index in [1.165, 1.54) is 0 Å². The zero-order valence-corrected chi connectivity index (χ0v) is 11.3. The summed E-state index contributed by atoms with van der Waals surface area (Å²) < 4.78 is 11.3. The summed E-state index contributed by atoms with van der Waals surface area (Å²) in [5.41, 5.74) is 6.22. The first-order chi connectivity index (χ1) is 8.76. The third-order valence-electron chi connectivity index (χ3n) is 2.98. The van der Waals surface area contributed by atoms with Crippen molar-refractivity contribution in [2.45, 2.75) is 18.6 Å². The summed E-state index contributed by atoms with van der Waals surface area (Å²) in [7, 11) is 1.60. The van der Waals surface area contributed by atoms with Crippen LogP contribution in [-0.2, 0) is 0 Å². The van der Waals surface area contributed by atoms with Gasteiger partial charge in [0, 0.05) is 17.9 Å². The zero-order valence-electron chi connectivity index (χ0n) is 10.5. The fourth-order valence-corrected chi connectivity index (χ4v) is 3.08. The zero-order chi connectivity index (χ0) is 13.0. The van der Waals surface area contributed by atoms with Crippen LogP contribution in [0.2, 0.25) is 0 Å². The SMILES string of the molecule is COc1cccc(C(O)CN)c1OC1CCSC1. The smallest absolute Gasteiger partial charge is 0.167 e. The van der Waals surface area contributed by atoms with Gasteiger partial charge in [-0.1, -0.05) is 12.1 Å². The Bertz CT molecular complexity index is 394. The summed E-state index contributed by atoms with van der Waals surface area (Å²) in [4.78, 5) is 0. The van der Waals surface area contributed by atoms with Crippen LogP contribution in [0.4, 0.5) is 0 Å². The molecule has 5 heteroatoms. The minimum absolute atomic E-state index is 0.170. The Morgan fingerprint density at radius 1 is 1.56 bits per heavy atom. The summed E-state index contributed by atoms with van der Waals surface area (Å²) in [6.07, 6.45) is 0.500. The van der Waals surface area contributed by atoms with Crippen LogP contribution < -0.4 is 15.2 Å². The Hall–Kier alpha value is -0.910. The Morgan fingerprint density at radius 2 is 2.39 bits per heavy atom. The number of benzene rings is 1. The lowest BCUT2D eigenvalue weighted by molar-refractivity contribution is 0.167. The van der Waals surface area contributed by atoms with Gasteiger partial charge in [-0.05, 0) is 18.2 Å². The van der Waals surface area contributed by atoms with Crippen LogP contribution in [0.25, 0.3) is 0 Å². The van der Waals surface area contributed by atoms with Crippen molar-refractivity contribution in [3.63, 3.8) is 0 Å². The number of nitrogens with two attached hydrogens (primary N) is 1. The molecule has 0 amide bonds. The Kier molecular flexibility index (Phi) is 4.74. The lowest BCUT2D eigenvalue weighted by atomic mass is 10.1. The van der Waals surface area contributed by atoms with Gasteiger partial charge in [0.2, 0.25) is 0 Å². The largest absolute Gasteiger partial charge is 0.493 e. The van der Waals surface area contributed by atoms with E-state index < -0.39 is 6.10 Å². The third-order valence-corrected chi connectivity index (χ3v) is 4.12. The number of para-hydroxylation sites is 1. The normalized spacial score (nSPS) is 20.7. The first-order valence-electron chi connectivity index (χ1n) is 6.05. The molecule has 1 fully saturated rings. The highest BCUT2D eigenvalue weighted by molar-refractivity contribution is 7.99. The first kappa shape index (κ1) is 13.5. The van der Waals surface area contributed by atoms with Crippen molar-refractivity contribution in [1.29, 1.82) is 0 Å². The number of ether oxygens (including phenoxy) is 2. The van der Waals surface area contributed by atoms with Gasteiger partial charge in [0.15, 0.2) is 11.5 Å². The number of hydrogen-bond donors (Lipinski definition) is 2. The highest BCUT2D eigenvalue weighted by atomic mass is 32.2. The molecule has 1 saturated heterocycles. The van der Waals surface area contributed by atoms with E-state index in [1.807, 2.05) is 30.0 Å². The molecule has 0 bridgehead atoms. The Labute approximate surface area is 111 Å². The maximum atomic E-state index is 9.94. The minimum atomic E-state index is -0.718. The molecule has 0 aliphatic carbocycles. The van der Waals surface area contributed by atoms with Crippen molar-refractivity contribution in [1.82, 2.24) is 0 Å². The molecular weight excluding hydrogens is 250 g/mol. The van der Waals surface area contributed by atoms with E-state index >= 15 is 0 Å². The fourth-order valence-electron chi connectivity index (χ4n) is 1.98. The molecule has 2 rings (SSSR count). The van der Waals surface area contributed by atoms with E-state index in [1.54, 1.807) is 7.11 Å². The van der Waals surface area contributed by atoms with E-state index in [-0.39, 0.29) is 12.6 Å². The molecule has 1 heterocycles. The summed E-state index contributed by atoms with van der Waals surface area (Å²) in [6, 6.07) is 5.50. The molecule has 4 nitrogen and oxygen atoms in total. The van der Waals surface area contributed by atoms with Crippen LogP contribution in [-0.4, -0.2) is 36.4 Å². The van der Waals surface area contributed by atoms with E-state index in [2.05, 4.69) is 0 Å². The Balaban J connectivity index is 2.27. The lowest BCUT2D eigenvalue weighted by Crippen LogP contribution is -2.19. The second-order valence-electron chi connectivity index (χ2n) is 4.23. The van der Waals surface area contributed by atoms with Crippen LogP contribution in [0.15, 0.2) is 18.2 Å². The highest BCUT2D eigenvalue weighted by Crippen LogP contribution is 2.37. The van der Waals surface area contributed by atoms with E-state index in [9.17, 15) is 5.11 Å². The average molecular weight is 269 g/mol. The number of aliphatic hydroxyl groups excluding tert-OH is 1. The number of thioether (sulfide) groups is 1. The first-order valence-corrected chi connectivity index (χ1v) is 7.21. The quantitative estimate of drug-likeness (QED) is 0.849. The van der Waals surface area contributed by atoms with E-state index in [0.29, 0.717) is 17.1 Å². The molecule has 2 unspecified atom stereocenters. The van der Waals surface area contributed by atoms with Gasteiger partial charge in [-0.3, -0.25) is 0 Å². The minimum Gasteiger partial charge on any atom is -0.493 e. The van der Waals surface area contributed by atoms with E-state index in [0.717, 1.165) is 17.9 Å². The van der Waals surface area contributed by atoms with E-state index in [4.69, 9.17) is 15.2 Å². The standard InChI is InChI=1S/C13H19NO3S/c1-16-12-4-2-3-10(11(15)7-14)13(12)17-9-5-6-18-8-9/h2-4,9,11,15H,5-8,14H2,1H3. The molecule has 0 spiro atoms. The van der Waals surface area contributed by atoms with Crippen LogP contribution in [0, 0.1) is 0 Å². The van der Waals surface area contributed by atoms with Gasteiger partial charge < -0.3 is 20.3 Å². The van der Waals surface area contributed by atoms with Crippen molar-refractivity contribution in [3.05, 3.63) is 23.8 Å². The van der Waals surface area contributed by atoms with Crippen LogP contribution in [0.1, 0.15) is 18.1 Å². The second kappa shape index (κ2) is 6.31. The molecule has 1 aromatic carbocycles. The molecule has 1 aliphatic heterocycles. The summed E-state index contributed by atoms with van der Waals surface area (Å²) in [6.45, 7) is 0.170. The summed E-state index contributed by atoms with van der Waals surface area (Å²) >= 11 is 1.88. The highest BCUT2D eigenvalue weighted by Gasteiger charge is 2.22. The predicted molar refractivity (Wildman–Crippen MR) is 73.4 cm³/mol. The molecule has 2 atom stereocenters. The average Bonchev–Trinajstić information content (AvgIpc) is 2.91. The predicted octanol–water partition coefficient (Wildman–Crippen LogP) is 1.57. The second-order valence-corrected chi connectivity index (χ2v) is 5.38. The summed E-state index contributed by atoms with van der Waals surface area (Å²) in [5.74, 6) is 3.38. The lowest BCUT2D eigenvalue weighted by Gasteiger charge is -2.20. The molecule has 100 valence electrons. The monoisotopic (exact) mass is 269 g/mol. The van der Waals surface area contributed by atoms with Crippen molar-refractivity contribution < 1.29 is 14.6 Å². The maximum Gasteiger partial charge on any atom is 0.167 e. The molecule has 0 radical (unpaired) electrons. The van der Waals surface area contributed by atoms with Gasteiger partial charge in [-0.2, -0.15) is 11.8 Å². The van der Waals surface area contributed by atoms with Gasteiger partial charge in [0.05, 0.1) is 13.2 Å². The van der Waals surface area contributed by atoms with Crippen LogP contribution in [0.3, 0.4) is 0 Å². The molecular formula is C13H19NO3S. The molecule has 0 saturated carbocycles. The number of aliphatic hydroxyl groups is 1. The molecule has 1 aromatic rings. The third kappa shape index (κ3) is 2.91. The van der Waals surface area contributed by atoms with Gasteiger partial charge >= 0.3 is 0 Å². The molecule has 1 aliphatic rings. The maximum absolute atomic E-state index is 9.94. The number of hydrogen-bond acceptors (Lipinski definition) is 5. The van der Waals surface area contributed by atoms with Crippen molar-refractivity contribution in [2.75, 3.05) is 25.2 Å². The van der Waals surface area contributed by atoms with Gasteiger partial charge in [0.25, 0.3) is 0 Å². The van der Waals surface area contributed by atoms with Crippen molar-refractivity contribution in [2.24, 2.45) is 5.73 Å². The van der Waals surface area contributed by atoms with Gasteiger partial charge in [-0.15, -0.1) is 0 Å². The van der Waals surface area contributed by atoms with Crippen LogP contribution in [0.5, 0.6) is 11.5 Å².